The lowest BCUT2D eigenvalue weighted by atomic mass is 9.95. The Morgan fingerprint density at radius 3 is 2.20 bits per heavy atom. The van der Waals surface area contributed by atoms with Crippen molar-refractivity contribution in [3.63, 3.8) is 0 Å². The molecule has 0 spiro atoms. The molecule has 0 aliphatic rings. The first kappa shape index (κ1) is 16.5. The van der Waals surface area contributed by atoms with E-state index in [4.69, 9.17) is 4.74 Å². The Hall–Kier alpha value is -1.51. The van der Waals surface area contributed by atoms with E-state index >= 15 is 0 Å². The van der Waals surface area contributed by atoms with Crippen LogP contribution in [0.5, 0.6) is 5.75 Å². The quantitative estimate of drug-likeness (QED) is 0.915. The molecule has 20 heavy (non-hydrogen) atoms. The Morgan fingerprint density at radius 1 is 1.00 bits per heavy atom. The lowest BCUT2D eigenvalue weighted by molar-refractivity contribution is 0.415. The van der Waals surface area contributed by atoms with Gasteiger partial charge in [0, 0.05) is 6.54 Å². The van der Waals surface area contributed by atoms with Gasteiger partial charge < -0.3 is 10.1 Å². The number of benzene rings is 2. The smallest absolute Gasteiger partial charge is 0.119 e. The first-order valence-corrected chi connectivity index (χ1v) is 6.55. The van der Waals surface area contributed by atoms with Crippen molar-refractivity contribution in [3.05, 3.63) is 53.1 Å². The predicted octanol–water partition coefficient (Wildman–Crippen LogP) is 4.12. The Labute approximate surface area is 127 Å². The van der Waals surface area contributed by atoms with E-state index in [0.29, 0.717) is 0 Å². The Balaban J connectivity index is 0.00000200. The molecular weight excluding hydrogens is 270 g/mol. The van der Waals surface area contributed by atoms with Crippen LogP contribution in [0.25, 0.3) is 11.1 Å². The molecule has 108 valence electrons. The van der Waals surface area contributed by atoms with Crippen LogP contribution in [0.4, 0.5) is 0 Å². The molecule has 1 N–H and O–H groups in total. The van der Waals surface area contributed by atoms with Crippen molar-refractivity contribution >= 4 is 12.4 Å². The van der Waals surface area contributed by atoms with E-state index in [-0.39, 0.29) is 12.4 Å². The van der Waals surface area contributed by atoms with Crippen LogP contribution in [0.2, 0.25) is 0 Å². The van der Waals surface area contributed by atoms with Crippen molar-refractivity contribution in [2.45, 2.75) is 20.4 Å². The van der Waals surface area contributed by atoms with Gasteiger partial charge >= 0.3 is 0 Å². The fourth-order valence-electron chi connectivity index (χ4n) is 2.42. The van der Waals surface area contributed by atoms with Crippen LogP contribution in [0.1, 0.15) is 16.7 Å². The number of hydrogen-bond acceptors (Lipinski definition) is 2. The molecule has 0 radical (unpaired) electrons. The second kappa shape index (κ2) is 7.32. The summed E-state index contributed by atoms with van der Waals surface area (Å²) >= 11 is 0. The summed E-state index contributed by atoms with van der Waals surface area (Å²) in [6.07, 6.45) is 0. The molecule has 2 nitrogen and oxygen atoms in total. The summed E-state index contributed by atoms with van der Waals surface area (Å²) in [5.41, 5.74) is 6.48. The molecule has 2 rings (SSSR count). The van der Waals surface area contributed by atoms with Gasteiger partial charge in [-0.1, -0.05) is 24.3 Å². The van der Waals surface area contributed by atoms with Gasteiger partial charge in [0.1, 0.15) is 5.75 Å². The monoisotopic (exact) mass is 291 g/mol. The lowest BCUT2D eigenvalue weighted by Crippen LogP contribution is -2.08. The molecule has 0 unspecified atom stereocenters. The Kier molecular flexibility index (Phi) is 6.05. The second-order valence-corrected chi connectivity index (χ2v) is 4.85. The van der Waals surface area contributed by atoms with Gasteiger partial charge in [-0.15, -0.1) is 12.4 Å². The van der Waals surface area contributed by atoms with Gasteiger partial charge in [-0.05, 0) is 60.8 Å². The highest BCUT2D eigenvalue weighted by molar-refractivity contribution is 5.85. The first-order valence-electron chi connectivity index (χ1n) is 6.55. The zero-order valence-electron chi connectivity index (χ0n) is 12.5. The summed E-state index contributed by atoms with van der Waals surface area (Å²) in [5, 5.41) is 3.22. The first-order chi connectivity index (χ1) is 9.15. The number of halogens is 1. The maximum atomic E-state index is 5.29. The number of hydrogen-bond donors (Lipinski definition) is 1. The largest absolute Gasteiger partial charge is 0.497 e. The molecule has 0 aliphatic heterocycles. The van der Waals surface area contributed by atoms with Gasteiger partial charge in [0.25, 0.3) is 0 Å². The molecule has 0 aromatic heterocycles. The average Bonchev–Trinajstić information content (AvgIpc) is 2.42. The number of methoxy groups -OCH3 is 1. The van der Waals surface area contributed by atoms with Gasteiger partial charge in [0.2, 0.25) is 0 Å². The normalized spacial score (nSPS) is 10.0. The Bertz CT molecular complexity index is 558. The van der Waals surface area contributed by atoms with Gasteiger partial charge in [0.15, 0.2) is 0 Å². The van der Waals surface area contributed by atoms with E-state index in [1.807, 2.05) is 19.2 Å². The van der Waals surface area contributed by atoms with Crippen molar-refractivity contribution in [1.29, 1.82) is 0 Å². The zero-order chi connectivity index (χ0) is 13.8. The van der Waals surface area contributed by atoms with E-state index in [1.165, 1.54) is 27.8 Å². The summed E-state index contributed by atoms with van der Waals surface area (Å²) in [4.78, 5) is 0. The third-order valence-corrected chi connectivity index (χ3v) is 3.45. The highest BCUT2D eigenvalue weighted by atomic mass is 35.5. The summed E-state index contributed by atoms with van der Waals surface area (Å²) in [7, 11) is 3.68. The SMILES string of the molecule is CNCc1c(C)cc(-c2cccc(OC)c2)cc1C.Cl. The van der Waals surface area contributed by atoms with Crippen LogP contribution in [0.15, 0.2) is 36.4 Å². The van der Waals surface area contributed by atoms with Gasteiger partial charge in [-0.2, -0.15) is 0 Å². The minimum absolute atomic E-state index is 0. The standard InChI is InChI=1S/C17H21NO.ClH/c1-12-8-15(9-13(2)17(12)11-18-3)14-6-5-7-16(10-14)19-4;/h5-10,18H,11H2,1-4H3;1H. The van der Waals surface area contributed by atoms with E-state index in [1.54, 1.807) is 7.11 Å². The van der Waals surface area contributed by atoms with Crippen molar-refractivity contribution in [3.8, 4) is 16.9 Å². The van der Waals surface area contributed by atoms with Crippen LogP contribution in [-0.2, 0) is 6.54 Å². The molecule has 3 heteroatoms. The maximum Gasteiger partial charge on any atom is 0.119 e. The van der Waals surface area contributed by atoms with Crippen molar-refractivity contribution < 1.29 is 4.74 Å². The highest BCUT2D eigenvalue weighted by Crippen LogP contribution is 2.27. The van der Waals surface area contributed by atoms with Crippen molar-refractivity contribution in [1.82, 2.24) is 5.32 Å². The molecule has 0 saturated heterocycles. The van der Waals surface area contributed by atoms with E-state index in [2.05, 4.69) is 43.4 Å². The highest BCUT2D eigenvalue weighted by Gasteiger charge is 2.06. The minimum atomic E-state index is 0. The second-order valence-electron chi connectivity index (χ2n) is 4.85. The van der Waals surface area contributed by atoms with E-state index < -0.39 is 0 Å². The molecule has 2 aromatic carbocycles. The summed E-state index contributed by atoms with van der Waals surface area (Å²) < 4.78 is 5.29. The molecule has 0 heterocycles. The van der Waals surface area contributed by atoms with E-state index in [0.717, 1.165) is 12.3 Å². The average molecular weight is 292 g/mol. The van der Waals surface area contributed by atoms with Crippen LogP contribution in [0, 0.1) is 13.8 Å². The number of nitrogens with one attached hydrogen (secondary N) is 1. The van der Waals surface area contributed by atoms with Crippen molar-refractivity contribution in [2.24, 2.45) is 0 Å². The minimum Gasteiger partial charge on any atom is -0.497 e. The number of aryl methyl sites for hydroxylation is 2. The lowest BCUT2D eigenvalue weighted by Gasteiger charge is -2.13. The molecule has 0 amide bonds. The molecule has 0 aliphatic carbocycles. The maximum absolute atomic E-state index is 5.29. The third-order valence-electron chi connectivity index (χ3n) is 3.45. The van der Waals surface area contributed by atoms with E-state index in [9.17, 15) is 0 Å². The zero-order valence-corrected chi connectivity index (χ0v) is 13.3. The van der Waals surface area contributed by atoms with Crippen molar-refractivity contribution in [2.75, 3.05) is 14.2 Å². The Morgan fingerprint density at radius 2 is 1.65 bits per heavy atom. The summed E-state index contributed by atoms with van der Waals surface area (Å²) in [5.74, 6) is 0.895. The van der Waals surface area contributed by atoms with Gasteiger partial charge in [-0.3, -0.25) is 0 Å². The fraction of sp³-hybridized carbons (Fsp3) is 0.294. The molecule has 0 saturated carbocycles. The molecule has 0 bridgehead atoms. The summed E-state index contributed by atoms with van der Waals surface area (Å²) in [6.45, 7) is 5.25. The fourth-order valence-corrected chi connectivity index (χ4v) is 2.42. The van der Waals surface area contributed by atoms with Gasteiger partial charge in [0.05, 0.1) is 7.11 Å². The number of rotatable bonds is 4. The number of ether oxygens (including phenoxy) is 1. The summed E-state index contributed by atoms with van der Waals surface area (Å²) in [6, 6.07) is 12.7. The van der Waals surface area contributed by atoms with Crippen LogP contribution < -0.4 is 10.1 Å². The molecule has 0 fully saturated rings. The molecule has 2 aromatic rings. The van der Waals surface area contributed by atoms with Crippen LogP contribution in [-0.4, -0.2) is 14.2 Å². The van der Waals surface area contributed by atoms with Crippen LogP contribution in [0.3, 0.4) is 0 Å². The third kappa shape index (κ3) is 3.53. The molecule has 0 atom stereocenters. The van der Waals surface area contributed by atoms with Gasteiger partial charge in [-0.25, -0.2) is 0 Å². The molecular formula is C17H22ClNO. The topological polar surface area (TPSA) is 21.3 Å². The van der Waals surface area contributed by atoms with Crippen LogP contribution >= 0.6 is 12.4 Å². The predicted molar refractivity (Wildman–Crippen MR) is 87.9 cm³/mol.